The van der Waals surface area contributed by atoms with Crippen molar-refractivity contribution in [3.05, 3.63) is 29.8 Å². The average Bonchev–Trinajstić information content (AvgIpc) is 2.01. The molecule has 1 aromatic rings. The maximum absolute atomic E-state index is 12.7. The van der Waals surface area contributed by atoms with Crippen LogP contribution in [0, 0.1) is 5.95 Å². The topological polar surface area (TPSA) is 76.2 Å². The van der Waals surface area contributed by atoms with Crippen LogP contribution >= 0.6 is 0 Å². The molecule has 76 valence electrons. The van der Waals surface area contributed by atoms with Crippen LogP contribution in [-0.2, 0) is 10.3 Å². The van der Waals surface area contributed by atoms with E-state index in [1.807, 2.05) is 0 Å². The molecular formula is C9H11FN2O2. The lowest BCUT2D eigenvalue weighted by molar-refractivity contribution is -0.138. The summed E-state index contributed by atoms with van der Waals surface area (Å²) in [7, 11) is 0. The highest BCUT2D eigenvalue weighted by Crippen LogP contribution is 2.19. The molecule has 0 spiro atoms. The fourth-order valence-corrected chi connectivity index (χ4v) is 1.13. The second-order valence-corrected chi connectivity index (χ2v) is 3.33. The highest BCUT2D eigenvalue weighted by atomic mass is 19.1. The molecule has 4 nitrogen and oxygen atoms in total. The van der Waals surface area contributed by atoms with E-state index in [1.165, 1.54) is 25.1 Å². The Bertz CT molecular complexity index is 352. The first-order valence-corrected chi connectivity index (χ1v) is 4.05. The van der Waals surface area contributed by atoms with Gasteiger partial charge >= 0.3 is 5.97 Å². The van der Waals surface area contributed by atoms with E-state index < -0.39 is 17.5 Å². The van der Waals surface area contributed by atoms with E-state index in [2.05, 4.69) is 4.98 Å². The Morgan fingerprint density at radius 3 is 2.86 bits per heavy atom. The van der Waals surface area contributed by atoms with Crippen molar-refractivity contribution in [3.63, 3.8) is 0 Å². The summed E-state index contributed by atoms with van der Waals surface area (Å²) in [6.07, 6.45) is -0.288. The third-order valence-corrected chi connectivity index (χ3v) is 1.82. The van der Waals surface area contributed by atoms with Gasteiger partial charge in [0.05, 0.1) is 17.7 Å². The highest BCUT2D eigenvalue weighted by Gasteiger charge is 2.26. The largest absolute Gasteiger partial charge is 0.481 e. The van der Waals surface area contributed by atoms with Crippen LogP contribution in [0.25, 0.3) is 0 Å². The van der Waals surface area contributed by atoms with Crippen molar-refractivity contribution in [2.24, 2.45) is 5.73 Å². The Kier molecular flexibility index (Phi) is 2.81. The average molecular weight is 198 g/mol. The summed E-state index contributed by atoms with van der Waals surface area (Å²) in [4.78, 5) is 14.0. The molecule has 0 radical (unpaired) electrons. The first kappa shape index (κ1) is 10.6. The van der Waals surface area contributed by atoms with E-state index in [0.29, 0.717) is 0 Å². The van der Waals surface area contributed by atoms with Gasteiger partial charge < -0.3 is 10.8 Å². The number of hydrogen-bond donors (Lipinski definition) is 2. The van der Waals surface area contributed by atoms with Crippen molar-refractivity contribution < 1.29 is 14.3 Å². The van der Waals surface area contributed by atoms with Gasteiger partial charge in [-0.2, -0.15) is 4.39 Å². The summed E-state index contributed by atoms with van der Waals surface area (Å²) < 4.78 is 12.7. The standard InChI is InChI=1S/C9H11FN2O2/c1-9(11,5-8(13)14)6-3-2-4-7(10)12-6/h2-4H,5,11H2,1H3,(H,13,14)/t9-/m0/s1. The Labute approximate surface area is 80.6 Å². The normalized spacial score (nSPS) is 14.8. The van der Waals surface area contributed by atoms with Gasteiger partial charge in [-0.1, -0.05) is 6.07 Å². The van der Waals surface area contributed by atoms with Crippen LogP contribution in [0.2, 0.25) is 0 Å². The van der Waals surface area contributed by atoms with Gasteiger partial charge in [-0.3, -0.25) is 4.79 Å². The van der Waals surface area contributed by atoms with Gasteiger partial charge in [0.15, 0.2) is 0 Å². The maximum atomic E-state index is 12.7. The van der Waals surface area contributed by atoms with Gasteiger partial charge in [-0.15, -0.1) is 0 Å². The SMILES string of the molecule is C[C@](N)(CC(=O)O)c1cccc(F)n1. The summed E-state index contributed by atoms with van der Waals surface area (Å²) >= 11 is 0. The van der Waals surface area contributed by atoms with Crippen molar-refractivity contribution in [2.75, 3.05) is 0 Å². The fourth-order valence-electron chi connectivity index (χ4n) is 1.13. The van der Waals surface area contributed by atoms with Crippen LogP contribution in [0.1, 0.15) is 19.0 Å². The minimum Gasteiger partial charge on any atom is -0.481 e. The van der Waals surface area contributed by atoms with E-state index in [4.69, 9.17) is 10.8 Å². The third kappa shape index (κ3) is 2.50. The van der Waals surface area contributed by atoms with Crippen LogP contribution in [0.15, 0.2) is 18.2 Å². The van der Waals surface area contributed by atoms with E-state index in [9.17, 15) is 9.18 Å². The molecule has 0 aromatic carbocycles. The zero-order valence-electron chi connectivity index (χ0n) is 7.70. The zero-order chi connectivity index (χ0) is 10.8. The molecular weight excluding hydrogens is 187 g/mol. The lowest BCUT2D eigenvalue weighted by Crippen LogP contribution is -2.36. The number of halogens is 1. The van der Waals surface area contributed by atoms with Crippen LogP contribution < -0.4 is 5.73 Å². The number of carboxylic acid groups (broad SMARTS) is 1. The second-order valence-electron chi connectivity index (χ2n) is 3.33. The van der Waals surface area contributed by atoms with Gasteiger partial charge in [-0.05, 0) is 19.1 Å². The van der Waals surface area contributed by atoms with Gasteiger partial charge in [-0.25, -0.2) is 4.98 Å². The van der Waals surface area contributed by atoms with Gasteiger partial charge in [0.2, 0.25) is 5.95 Å². The Balaban J connectivity index is 2.97. The Morgan fingerprint density at radius 2 is 2.36 bits per heavy atom. The summed E-state index contributed by atoms with van der Waals surface area (Å²) in [5.74, 6) is -1.70. The first-order chi connectivity index (χ1) is 6.42. The number of carbonyl (C=O) groups is 1. The molecule has 1 atom stereocenters. The minimum absolute atomic E-state index is 0.236. The molecule has 0 fully saturated rings. The van der Waals surface area contributed by atoms with E-state index in [-0.39, 0.29) is 12.1 Å². The molecule has 1 heterocycles. The smallest absolute Gasteiger partial charge is 0.305 e. The number of pyridine rings is 1. The molecule has 0 aliphatic rings. The van der Waals surface area contributed by atoms with Gasteiger partial charge in [0.25, 0.3) is 0 Å². The Morgan fingerprint density at radius 1 is 1.71 bits per heavy atom. The number of nitrogens with zero attached hydrogens (tertiary/aromatic N) is 1. The van der Waals surface area contributed by atoms with Crippen molar-refractivity contribution in [2.45, 2.75) is 18.9 Å². The van der Waals surface area contributed by atoms with Gasteiger partial charge in [0, 0.05) is 0 Å². The first-order valence-electron chi connectivity index (χ1n) is 4.05. The monoisotopic (exact) mass is 198 g/mol. The lowest BCUT2D eigenvalue weighted by atomic mass is 9.94. The van der Waals surface area contributed by atoms with Crippen molar-refractivity contribution >= 4 is 5.97 Å². The molecule has 0 aliphatic heterocycles. The molecule has 1 rings (SSSR count). The maximum Gasteiger partial charge on any atom is 0.305 e. The summed E-state index contributed by atoms with van der Waals surface area (Å²) in [6, 6.07) is 4.14. The number of aliphatic carboxylic acids is 1. The molecule has 14 heavy (non-hydrogen) atoms. The van der Waals surface area contributed by atoms with Gasteiger partial charge in [0.1, 0.15) is 0 Å². The number of nitrogens with two attached hydrogens (primary N) is 1. The molecule has 5 heteroatoms. The van der Waals surface area contributed by atoms with Crippen molar-refractivity contribution in [1.29, 1.82) is 0 Å². The quantitative estimate of drug-likeness (QED) is 0.706. The summed E-state index contributed by atoms with van der Waals surface area (Å²) in [5, 5.41) is 8.58. The third-order valence-electron chi connectivity index (χ3n) is 1.82. The van der Waals surface area contributed by atoms with E-state index >= 15 is 0 Å². The Hall–Kier alpha value is -1.49. The molecule has 0 saturated heterocycles. The van der Waals surface area contributed by atoms with Crippen molar-refractivity contribution in [1.82, 2.24) is 4.98 Å². The number of aromatic nitrogens is 1. The predicted octanol–water partition coefficient (Wildman–Crippen LogP) is 0.869. The molecule has 3 N–H and O–H groups in total. The van der Waals surface area contributed by atoms with Crippen LogP contribution in [0.3, 0.4) is 0 Å². The molecule has 0 bridgehead atoms. The minimum atomic E-state index is -1.14. The lowest BCUT2D eigenvalue weighted by Gasteiger charge is -2.21. The highest BCUT2D eigenvalue weighted by molar-refractivity contribution is 5.68. The molecule has 0 aliphatic carbocycles. The van der Waals surface area contributed by atoms with E-state index in [1.54, 1.807) is 0 Å². The number of hydrogen-bond acceptors (Lipinski definition) is 3. The molecule has 0 unspecified atom stereocenters. The van der Waals surface area contributed by atoms with Crippen LogP contribution in [-0.4, -0.2) is 16.1 Å². The second kappa shape index (κ2) is 3.71. The summed E-state index contributed by atoms with van der Waals surface area (Å²) in [6.45, 7) is 1.50. The molecule has 0 saturated carbocycles. The molecule has 1 aromatic heterocycles. The predicted molar refractivity (Wildman–Crippen MR) is 48.0 cm³/mol. The number of rotatable bonds is 3. The van der Waals surface area contributed by atoms with Crippen LogP contribution in [0.4, 0.5) is 4.39 Å². The number of carboxylic acids is 1. The van der Waals surface area contributed by atoms with Crippen LogP contribution in [0.5, 0.6) is 0 Å². The zero-order valence-corrected chi connectivity index (χ0v) is 7.70. The molecule has 0 amide bonds. The fraction of sp³-hybridized carbons (Fsp3) is 0.333. The summed E-state index contributed by atoms with van der Waals surface area (Å²) in [5.41, 5.74) is 4.79. The van der Waals surface area contributed by atoms with E-state index in [0.717, 1.165) is 0 Å². The van der Waals surface area contributed by atoms with Crippen molar-refractivity contribution in [3.8, 4) is 0 Å².